The van der Waals surface area contributed by atoms with Crippen LogP contribution in [0, 0.1) is 0 Å². The lowest BCUT2D eigenvalue weighted by molar-refractivity contribution is 0.116. The zero-order valence-corrected chi connectivity index (χ0v) is 9.19. The van der Waals surface area contributed by atoms with E-state index in [1.807, 2.05) is 0 Å². The summed E-state index contributed by atoms with van der Waals surface area (Å²) in [6.07, 6.45) is 3.05. The fourth-order valence-corrected chi connectivity index (χ4v) is 1.79. The van der Waals surface area contributed by atoms with Crippen LogP contribution in [0.1, 0.15) is 37.6 Å². The van der Waals surface area contributed by atoms with E-state index >= 15 is 0 Å². The molecule has 0 bridgehead atoms. The van der Waals surface area contributed by atoms with E-state index in [9.17, 15) is 0 Å². The number of aryl methyl sites for hydroxylation is 1. The van der Waals surface area contributed by atoms with E-state index in [4.69, 9.17) is 9.15 Å². The maximum Gasteiger partial charge on any atom is 0.233 e. The predicted octanol–water partition coefficient (Wildman–Crippen LogP) is 1.07. The normalized spacial score (nSPS) is 26.0. The van der Waals surface area contributed by atoms with Gasteiger partial charge >= 0.3 is 0 Å². The molecule has 2 atom stereocenters. The Morgan fingerprint density at radius 2 is 2.40 bits per heavy atom. The first kappa shape index (κ1) is 10.6. The molecule has 1 aromatic rings. The highest BCUT2D eigenvalue weighted by atomic mass is 16.5. The fraction of sp³-hybridized carbons (Fsp3) is 0.800. The van der Waals surface area contributed by atoms with Crippen LogP contribution < -0.4 is 5.32 Å². The Morgan fingerprint density at radius 3 is 3.07 bits per heavy atom. The minimum absolute atomic E-state index is 0.160. The zero-order chi connectivity index (χ0) is 10.7. The van der Waals surface area contributed by atoms with E-state index in [1.165, 1.54) is 0 Å². The molecule has 5 heteroatoms. The highest BCUT2D eigenvalue weighted by molar-refractivity contribution is 4.96. The first-order chi connectivity index (χ1) is 7.33. The van der Waals surface area contributed by atoms with E-state index in [1.54, 1.807) is 7.11 Å². The number of nitrogens with one attached hydrogen (secondary N) is 1. The van der Waals surface area contributed by atoms with Gasteiger partial charge in [-0.25, -0.2) is 0 Å². The molecule has 15 heavy (non-hydrogen) atoms. The summed E-state index contributed by atoms with van der Waals surface area (Å²) >= 11 is 0. The summed E-state index contributed by atoms with van der Waals surface area (Å²) in [5.41, 5.74) is 0. The third-order valence-corrected chi connectivity index (χ3v) is 2.67. The molecule has 2 rings (SSSR count). The van der Waals surface area contributed by atoms with Gasteiger partial charge in [0.1, 0.15) is 0 Å². The molecular weight excluding hydrogens is 194 g/mol. The van der Waals surface area contributed by atoms with Crippen molar-refractivity contribution in [2.24, 2.45) is 0 Å². The van der Waals surface area contributed by atoms with Crippen LogP contribution in [0.2, 0.25) is 0 Å². The van der Waals surface area contributed by atoms with Gasteiger partial charge in [0.25, 0.3) is 0 Å². The van der Waals surface area contributed by atoms with Gasteiger partial charge in [-0.2, -0.15) is 0 Å². The minimum atomic E-state index is 0.160. The van der Waals surface area contributed by atoms with Gasteiger partial charge in [0.05, 0.1) is 12.1 Å². The Morgan fingerprint density at radius 1 is 1.53 bits per heavy atom. The van der Waals surface area contributed by atoms with E-state index < -0.39 is 0 Å². The number of methoxy groups -OCH3 is 1. The van der Waals surface area contributed by atoms with Gasteiger partial charge in [0.2, 0.25) is 11.8 Å². The van der Waals surface area contributed by atoms with Crippen molar-refractivity contribution in [3.63, 3.8) is 0 Å². The monoisotopic (exact) mass is 211 g/mol. The van der Waals surface area contributed by atoms with Crippen molar-refractivity contribution in [2.45, 2.75) is 38.3 Å². The number of rotatable bonds is 4. The molecule has 0 amide bonds. The van der Waals surface area contributed by atoms with Gasteiger partial charge in [-0.05, 0) is 12.8 Å². The Labute approximate surface area is 89.2 Å². The van der Waals surface area contributed by atoms with E-state index in [2.05, 4.69) is 22.4 Å². The number of hydrogen-bond acceptors (Lipinski definition) is 5. The van der Waals surface area contributed by atoms with Gasteiger partial charge < -0.3 is 14.5 Å². The first-order valence-corrected chi connectivity index (χ1v) is 5.42. The molecule has 0 saturated carbocycles. The molecule has 2 heterocycles. The van der Waals surface area contributed by atoms with Crippen LogP contribution in [0.25, 0.3) is 0 Å². The Balaban J connectivity index is 1.97. The average Bonchev–Trinajstić information content (AvgIpc) is 2.85. The second-order valence-electron chi connectivity index (χ2n) is 3.84. The smallest absolute Gasteiger partial charge is 0.233 e. The number of nitrogens with zero attached hydrogens (tertiary/aromatic N) is 2. The summed E-state index contributed by atoms with van der Waals surface area (Å²) in [6, 6.07) is 0.160. The molecule has 0 spiro atoms. The molecule has 84 valence electrons. The van der Waals surface area contributed by atoms with Gasteiger partial charge in [-0.1, -0.05) is 6.92 Å². The third-order valence-electron chi connectivity index (χ3n) is 2.67. The lowest BCUT2D eigenvalue weighted by Gasteiger charge is -2.04. The van der Waals surface area contributed by atoms with Crippen molar-refractivity contribution in [3.05, 3.63) is 11.8 Å². The van der Waals surface area contributed by atoms with Crippen LogP contribution >= 0.6 is 0 Å². The Kier molecular flexibility index (Phi) is 3.33. The number of hydrogen-bond donors (Lipinski definition) is 1. The molecule has 1 aliphatic heterocycles. The molecule has 0 aromatic carbocycles. The van der Waals surface area contributed by atoms with E-state index in [0.29, 0.717) is 5.89 Å². The topological polar surface area (TPSA) is 60.2 Å². The average molecular weight is 211 g/mol. The highest BCUT2D eigenvalue weighted by Crippen LogP contribution is 2.23. The van der Waals surface area contributed by atoms with Crippen molar-refractivity contribution in [2.75, 3.05) is 13.7 Å². The van der Waals surface area contributed by atoms with Crippen LogP contribution in [0.15, 0.2) is 4.42 Å². The summed E-state index contributed by atoms with van der Waals surface area (Å²) in [6.45, 7) is 2.95. The van der Waals surface area contributed by atoms with Crippen molar-refractivity contribution >= 4 is 0 Å². The number of ether oxygens (including phenoxy) is 1. The van der Waals surface area contributed by atoms with Crippen molar-refractivity contribution in [3.8, 4) is 0 Å². The maximum absolute atomic E-state index is 5.56. The Bertz CT molecular complexity index is 313. The van der Waals surface area contributed by atoms with Crippen LogP contribution in [0.3, 0.4) is 0 Å². The zero-order valence-electron chi connectivity index (χ0n) is 9.19. The molecule has 1 aliphatic rings. The van der Waals surface area contributed by atoms with Gasteiger partial charge in [-0.3, -0.25) is 0 Å². The molecule has 0 radical (unpaired) electrons. The lowest BCUT2D eigenvalue weighted by atomic mass is 10.2. The molecule has 1 saturated heterocycles. The second-order valence-corrected chi connectivity index (χ2v) is 3.84. The van der Waals surface area contributed by atoms with Crippen LogP contribution in [0.4, 0.5) is 0 Å². The summed E-state index contributed by atoms with van der Waals surface area (Å²) < 4.78 is 10.8. The molecule has 1 aromatic heterocycles. The van der Waals surface area contributed by atoms with Crippen LogP contribution in [0.5, 0.6) is 0 Å². The molecule has 1 N–H and O–H groups in total. The predicted molar refractivity (Wildman–Crippen MR) is 54.5 cm³/mol. The molecule has 0 aliphatic carbocycles. The third kappa shape index (κ3) is 2.35. The van der Waals surface area contributed by atoms with Crippen molar-refractivity contribution in [1.29, 1.82) is 0 Å². The summed E-state index contributed by atoms with van der Waals surface area (Å²) in [7, 11) is 1.73. The SMILES string of the molecule is CCCc1nnc([C@@H]2C[C@H](OC)CN2)o1. The second kappa shape index (κ2) is 4.72. The van der Waals surface area contributed by atoms with Crippen molar-refractivity contribution in [1.82, 2.24) is 15.5 Å². The largest absolute Gasteiger partial charge is 0.424 e. The Hall–Kier alpha value is -0.940. The molecule has 0 unspecified atom stereocenters. The standard InChI is InChI=1S/C10H17N3O2/c1-3-4-9-12-13-10(15-9)8-5-7(14-2)6-11-8/h7-8,11H,3-6H2,1-2H3/t7-,8-/m0/s1. The summed E-state index contributed by atoms with van der Waals surface area (Å²) in [5.74, 6) is 1.42. The lowest BCUT2D eigenvalue weighted by Crippen LogP contribution is -2.16. The quantitative estimate of drug-likeness (QED) is 0.807. The van der Waals surface area contributed by atoms with Gasteiger partial charge in [0, 0.05) is 20.1 Å². The van der Waals surface area contributed by atoms with E-state index in [0.717, 1.165) is 31.7 Å². The maximum atomic E-state index is 5.56. The molecule has 5 nitrogen and oxygen atoms in total. The summed E-state index contributed by atoms with van der Waals surface area (Å²) in [5, 5.41) is 11.4. The molecule has 1 fully saturated rings. The van der Waals surface area contributed by atoms with Crippen LogP contribution in [-0.4, -0.2) is 30.0 Å². The first-order valence-electron chi connectivity index (χ1n) is 5.42. The minimum Gasteiger partial charge on any atom is -0.424 e. The highest BCUT2D eigenvalue weighted by Gasteiger charge is 2.28. The van der Waals surface area contributed by atoms with Crippen LogP contribution in [-0.2, 0) is 11.2 Å². The van der Waals surface area contributed by atoms with Gasteiger partial charge in [0.15, 0.2) is 0 Å². The molecular formula is C10H17N3O2. The number of aromatic nitrogens is 2. The van der Waals surface area contributed by atoms with Crippen molar-refractivity contribution < 1.29 is 9.15 Å². The van der Waals surface area contributed by atoms with E-state index in [-0.39, 0.29) is 12.1 Å². The fourth-order valence-electron chi connectivity index (χ4n) is 1.79. The van der Waals surface area contributed by atoms with Gasteiger partial charge in [-0.15, -0.1) is 10.2 Å². The summed E-state index contributed by atoms with van der Waals surface area (Å²) in [4.78, 5) is 0.